The van der Waals surface area contributed by atoms with Crippen molar-refractivity contribution in [1.29, 1.82) is 0 Å². The van der Waals surface area contributed by atoms with Crippen molar-refractivity contribution in [1.82, 2.24) is 14.5 Å². The molecule has 2 aromatic heterocycles. The molecular formula is C32H29ClN4O6. The summed E-state index contributed by atoms with van der Waals surface area (Å²) in [6.07, 6.45) is -2.81. The molecule has 3 N–H and O–H groups in total. The normalized spacial score (nSPS) is 21.2. The van der Waals surface area contributed by atoms with Gasteiger partial charge in [-0.25, -0.2) is 9.78 Å². The van der Waals surface area contributed by atoms with E-state index in [2.05, 4.69) is 15.1 Å². The Hall–Kier alpha value is -4.48. The monoisotopic (exact) mass is 600 g/mol. The van der Waals surface area contributed by atoms with Crippen LogP contribution in [0.5, 0.6) is 0 Å². The van der Waals surface area contributed by atoms with Crippen molar-refractivity contribution in [2.75, 3.05) is 6.61 Å². The largest absolute Gasteiger partial charge is 0.451 e. The van der Waals surface area contributed by atoms with Crippen molar-refractivity contribution in [3.05, 3.63) is 119 Å². The van der Waals surface area contributed by atoms with Crippen LogP contribution < -0.4 is 5.49 Å². The molecule has 1 aliphatic heterocycles. The summed E-state index contributed by atoms with van der Waals surface area (Å²) < 4.78 is 13.9. The van der Waals surface area contributed by atoms with Crippen LogP contribution in [-0.4, -0.2) is 55.6 Å². The number of carbonyl (C=O) groups excluding carboxylic acids is 1. The van der Waals surface area contributed by atoms with Crippen molar-refractivity contribution in [3.8, 4) is 11.1 Å². The molecule has 0 spiro atoms. The summed E-state index contributed by atoms with van der Waals surface area (Å²) in [4.78, 5) is 25.8. The number of carbonyl (C=O) groups is 1. The Morgan fingerprint density at radius 2 is 1.74 bits per heavy atom. The maximum atomic E-state index is 13.4. The SMILES string of the molecule is CCO/N=c1\nc[nH]c2c1ccn2[C@@H]1O[C@H]([C@H](OC(=O)c2ccc(-c3ccccc3)cc2)c2ccc(Cl)cc2)[C@@H](O)[C@H]1O. The summed E-state index contributed by atoms with van der Waals surface area (Å²) in [5.41, 5.74) is 3.74. The molecule has 6 rings (SSSR count). The molecule has 3 aromatic carbocycles. The predicted octanol–water partition coefficient (Wildman–Crippen LogP) is 4.75. The summed E-state index contributed by atoms with van der Waals surface area (Å²) >= 11 is 6.13. The second-order valence-electron chi connectivity index (χ2n) is 10.0. The number of aliphatic hydroxyl groups is 2. The number of aromatic amines is 1. The summed E-state index contributed by atoms with van der Waals surface area (Å²) in [6, 6.07) is 25.3. The summed E-state index contributed by atoms with van der Waals surface area (Å²) in [6.45, 7) is 2.19. The van der Waals surface area contributed by atoms with Gasteiger partial charge in [0.2, 0.25) is 5.49 Å². The lowest BCUT2D eigenvalue weighted by Crippen LogP contribution is -2.36. The molecule has 0 radical (unpaired) electrons. The summed E-state index contributed by atoms with van der Waals surface area (Å²) in [7, 11) is 0. The fourth-order valence-electron chi connectivity index (χ4n) is 5.17. The molecule has 43 heavy (non-hydrogen) atoms. The van der Waals surface area contributed by atoms with E-state index < -0.39 is 36.6 Å². The molecule has 11 heteroatoms. The first kappa shape index (κ1) is 28.6. The van der Waals surface area contributed by atoms with Gasteiger partial charge in [0.05, 0.1) is 17.3 Å². The molecule has 0 unspecified atom stereocenters. The Kier molecular flexibility index (Phi) is 8.26. The molecule has 5 aromatic rings. The van der Waals surface area contributed by atoms with Gasteiger partial charge in [0, 0.05) is 11.2 Å². The Bertz CT molecular complexity index is 1770. The highest BCUT2D eigenvalue weighted by Gasteiger charge is 2.49. The van der Waals surface area contributed by atoms with Gasteiger partial charge in [0.25, 0.3) is 0 Å². The summed E-state index contributed by atoms with van der Waals surface area (Å²) in [5.74, 6) is -0.610. The second kappa shape index (κ2) is 12.4. The number of rotatable bonds is 8. The molecule has 3 heterocycles. The third-order valence-corrected chi connectivity index (χ3v) is 7.58. The maximum Gasteiger partial charge on any atom is 0.338 e. The highest BCUT2D eigenvalue weighted by Crippen LogP contribution is 2.39. The zero-order valence-electron chi connectivity index (χ0n) is 23.1. The van der Waals surface area contributed by atoms with E-state index in [-0.39, 0.29) is 0 Å². The average molecular weight is 601 g/mol. The van der Waals surface area contributed by atoms with Gasteiger partial charge in [-0.15, -0.1) is 0 Å². The van der Waals surface area contributed by atoms with Crippen LogP contribution in [0.2, 0.25) is 5.02 Å². The van der Waals surface area contributed by atoms with Crippen LogP contribution in [0.25, 0.3) is 22.2 Å². The minimum Gasteiger partial charge on any atom is -0.451 e. The molecule has 0 saturated carbocycles. The first-order valence-electron chi connectivity index (χ1n) is 13.8. The van der Waals surface area contributed by atoms with Crippen molar-refractivity contribution in [2.24, 2.45) is 5.16 Å². The number of nitrogens with zero attached hydrogens (tertiary/aromatic N) is 3. The van der Waals surface area contributed by atoms with Gasteiger partial charge < -0.3 is 34.1 Å². The molecule has 0 amide bonds. The minimum atomic E-state index is -1.40. The molecule has 10 nitrogen and oxygen atoms in total. The number of hydrogen-bond donors (Lipinski definition) is 3. The fraction of sp³-hybridized carbons (Fsp3) is 0.219. The lowest BCUT2D eigenvalue weighted by atomic mass is 9.98. The van der Waals surface area contributed by atoms with Crippen molar-refractivity contribution < 1.29 is 29.3 Å². The molecule has 1 fully saturated rings. The third kappa shape index (κ3) is 5.78. The van der Waals surface area contributed by atoms with Gasteiger partial charge >= 0.3 is 5.97 Å². The zero-order valence-corrected chi connectivity index (χ0v) is 23.8. The third-order valence-electron chi connectivity index (χ3n) is 7.33. The second-order valence-corrected chi connectivity index (χ2v) is 10.5. The first-order valence-corrected chi connectivity index (χ1v) is 14.2. The molecule has 0 bridgehead atoms. The molecule has 5 atom stereocenters. The first-order chi connectivity index (χ1) is 20.9. The lowest BCUT2D eigenvalue weighted by Gasteiger charge is -2.26. The number of fused-ring (bicyclic) bond motifs is 1. The van der Waals surface area contributed by atoms with Gasteiger partial charge in [-0.1, -0.05) is 71.4 Å². The van der Waals surface area contributed by atoms with Crippen LogP contribution in [0.3, 0.4) is 0 Å². The van der Waals surface area contributed by atoms with Gasteiger partial charge in [0.15, 0.2) is 12.3 Å². The number of hydrogen-bond acceptors (Lipinski definition) is 8. The van der Waals surface area contributed by atoms with E-state index in [1.807, 2.05) is 49.4 Å². The van der Waals surface area contributed by atoms with Crippen LogP contribution >= 0.6 is 11.6 Å². The quantitative estimate of drug-likeness (QED) is 0.173. The number of ether oxygens (including phenoxy) is 2. The van der Waals surface area contributed by atoms with E-state index in [9.17, 15) is 15.0 Å². The van der Waals surface area contributed by atoms with E-state index in [0.717, 1.165) is 11.1 Å². The van der Waals surface area contributed by atoms with Crippen molar-refractivity contribution in [3.63, 3.8) is 0 Å². The van der Waals surface area contributed by atoms with Crippen LogP contribution in [0.4, 0.5) is 0 Å². The molecular weight excluding hydrogens is 572 g/mol. The number of benzene rings is 3. The van der Waals surface area contributed by atoms with Crippen molar-refractivity contribution >= 4 is 28.6 Å². The van der Waals surface area contributed by atoms with E-state index >= 15 is 0 Å². The number of H-pyrrole nitrogens is 1. The topological polar surface area (TPSA) is 131 Å². The maximum absolute atomic E-state index is 13.4. The van der Waals surface area contributed by atoms with Gasteiger partial charge in [-0.2, -0.15) is 0 Å². The van der Waals surface area contributed by atoms with Crippen LogP contribution in [-0.2, 0) is 14.3 Å². The molecule has 0 aliphatic carbocycles. The Balaban J connectivity index is 1.30. The van der Waals surface area contributed by atoms with Crippen molar-refractivity contribution in [2.45, 2.75) is 37.6 Å². The van der Waals surface area contributed by atoms with E-state index in [0.29, 0.717) is 39.3 Å². The number of nitrogens with one attached hydrogen (secondary N) is 1. The minimum absolute atomic E-state index is 0.326. The Morgan fingerprint density at radius 3 is 2.47 bits per heavy atom. The highest BCUT2D eigenvalue weighted by atomic mass is 35.5. The Labute approximate surface area is 251 Å². The van der Waals surface area contributed by atoms with E-state index in [4.69, 9.17) is 25.9 Å². The average Bonchev–Trinajstić information content (AvgIpc) is 3.60. The van der Waals surface area contributed by atoms with E-state index in [1.54, 1.807) is 53.2 Å². The number of aliphatic hydroxyl groups excluding tert-OH is 2. The highest BCUT2D eigenvalue weighted by molar-refractivity contribution is 6.30. The number of esters is 1. The summed E-state index contributed by atoms with van der Waals surface area (Å²) in [5, 5.41) is 27.6. The number of halogens is 1. The molecule has 1 saturated heterocycles. The smallest absolute Gasteiger partial charge is 0.338 e. The van der Waals surface area contributed by atoms with E-state index in [1.165, 1.54) is 6.33 Å². The van der Waals surface area contributed by atoms with Crippen LogP contribution in [0.1, 0.15) is 35.2 Å². The predicted molar refractivity (Wildman–Crippen MR) is 159 cm³/mol. The van der Waals surface area contributed by atoms with Gasteiger partial charge in [0.1, 0.15) is 30.6 Å². The Morgan fingerprint density at radius 1 is 1.02 bits per heavy atom. The fourth-order valence-corrected chi connectivity index (χ4v) is 5.30. The molecule has 220 valence electrons. The number of aromatic nitrogens is 3. The standard InChI is InChI=1S/C32H29ClN4O6/c1-2-41-36-29-24-16-17-37(30(24)35-18-34-29)31-26(39)25(38)28(42-31)27(21-12-14-23(33)15-13-21)43-32(40)22-10-8-20(9-11-22)19-6-4-3-5-7-19/h3-18,25-28,31,38-39H,2H2,1H3,(H,34,35,36)/t25-,26+,27+,28-,31+/m0/s1. The van der Waals surface area contributed by atoms with Gasteiger partial charge in [-0.05, 0) is 53.9 Å². The van der Waals surface area contributed by atoms with Crippen LogP contribution in [0, 0.1) is 0 Å². The van der Waals surface area contributed by atoms with Gasteiger partial charge in [-0.3, -0.25) is 0 Å². The molecule has 1 aliphatic rings. The lowest BCUT2D eigenvalue weighted by molar-refractivity contribution is -0.0916. The zero-order chi connectivity index (χ0) is 29.9. The van der Waals surface area contributed by atoms with Crippen LogP contribution in [0.15, 0.2) is 103 Å².